The third kappa shape index (κ3) is 7.15. The Morgan fingerprint density at radius 2 is 1.71 bits per heavy atom. The molecule has 0 aromatic heterocycles. The van der Waals surface area contributed by atoms with E-state index in [2.05, 4.69) is 38.3 Å². The lowest BCUT2D eigenvalue weighted by Crippen LogP contribution is -2.54. The molecule has 0 bridgehead atoms. The molecule has 4 aliphatic carbocycles. The summed E-state index contributed by atoms with van der Waals surface area (Å²) in [5, 5.41) is 26.2. The van der Waals surface area contributed by atoms with E-state index in [9.17, 15) is 19.8 Å². The first-order chi connectivity index (χ1) is 19.5. The smallest absolute Gasteiger partial charge is 0.320 e. The van der Waals surface area contributed by atoms with Gasteiger partial charge in [0.25, 0.3) is 0 Å². The molecule has 7 heteroatoms. The molecule has 4 aliphatic rings. The topological polar surface area (TPSA) is 108 Å². The van der Waals surface area contributed by atoms with Gasteiger partial charge in [0.15, 0.2) is 0 Å². The fourth-order valence-corrected chi connectivity index (χ4v) is 10.4. The van der Waals surface area contributed by atoms with Crippen LogP contribution in [0.5, 0.6) is 0 Å². The second-order valence-corrected chi connectivity index (χ2v) is 14.9. The lowest BCUT2D eigenvalue weighted by molar-refractivity contribution is -0.141. The van der Waals surface area contributed by atoms with E-state index in [-0.39, 0.29) is 31.1 Å². The molecule has 4 saturated carbocycles. The van der Waals surface area contributed by atoms with E-state index < -0.39 is 12.0 Å². The van der Waals surface area contributed by atoms with Crippen molar-refractivity contribution in [2.24, 2.45) is 46.3 Å². The van der Waals surface area contributed by atoms with Crippen molar-refractivity contribution in [3.63, 3.8) is 0 Å². The van der Waals surface area contributed by atoms with Gasteiger partial charge in [0.2, 0.25) is 5.91 Å². The van der Waals surface area contributed by atoms with Crippen molar-refractivity contribution in [2.75, 3.05) is 13.7 Å². The van der Waals surface area contributed by atoms with Crippen LogP contribution in [0.1, 0.15) is 124 Å². The van der Waals surface area contributed by atoms with Gasteiger partial charge in [0.1, 0.15) is 12.3 Å². The minimum Gasteiger partial charge on any atom is -0.480 e. The summed E-state index contributed by atoms with van der Waals surface area (Å²) < 4.78 is 5.71. The van der Waals surface area contributed by atoms with E-state index in [1.54, 1.807) is 7.11 Å². The third-order valence-electron chi connectivity index (χ3n) is 12.8. The summed E-state index contributed by atoms with van der Waals surface area (Å²) in [7, 11) is 1.65. The number of amides is 1. The first kappa shape index (κ1) is 32.7. The van der Waals surface area contributed by atoms with Crippen LogP contribution in [0, 0.1) is 46.3 Å². The van der Waals surface area contributed by atoms with Crippen molar-refractivity contribution in [1.82, 2.24) is 10.6 Å². The Balaban J connectivity index is 1.30. The van der Waals surface area contributed by atoms with Crippen LogP contribution in [0.25, 0.3) is 0 Å². The van der Waals surface area contributed by atoms with Crippen LogP contribution in [0.4, 0.5) is 0 Å². The molecule has 2 unspecified atom stereocenters. The number of carboxylic acid groups (broad SMARTS) is 1. The molecular weight excluding hydrogens is 516 g/mol. The molecule has 0 aromatic rings. The van der Waals surface area contributed by atoms with E-state index in [1.165, 1.54) is 44.9 Å². The second-order valence-electron chi connectivity index (χ2n) is 14.9. The lowest BCUT2D eigenvalue weighted by Gasteiger charge is -2.61. The van der Waals surface area contributed by atoms with Crippen LogP contribution in [-0.4, -0.2) is 54.1 Å². The number of carbonyl (C=O) groups is 2. The van der Waals surface area contributed by atoms with Crippen LogP contribution < -0.4 is 10.6 Å². The molecule has 0 aliphatic heterocycles. The number of methoxy groups -OCH3 is 1. The van der Waals surface area contributed by atoms with Crippen LogP contribution in [0.3, 0.4) is 0 Å². The molecule has 1 amide bonds. The van der Waals surface area contributed by atoms with Gasteiger partial charge in [-0.05, 0) is 130 Å². The van der Waals surface area contributed by atoms with E-state index in [0.717, 1.165) is 56.3 Å². The minimum atomic E-state index is -0.930. The molecule has 7 nitrogen and oxygen atoms in total. The SMILES string of the molecule is CCCCNC(=O)CC[C@H](NC(CC[C@@H](C)[C@H]1CC[C@H]2[C@@H]3CC[C@@H]4C[C@H](O)CC[C@]4(C)C3CC[C@]12C)OC)C(=O)O. The fourth-order valence-electron chi connectivity index (χ4n) is 10.4. The summed E-state index contributed by atoms with van der Waals surface area (Å²) >= 11 is 0. The maximum absolute atomic E-state index is 12.1. The van der Waals surface area contributed by atoms with E-state index >= 15 is 0 Å². The number of carbonyl (C=O) groups excluding carboxylic acids is 1. The second kappa shape index (κ2) is 14.1. The van der Waals surface area contributed by atoms with Gasteiger partial charge in [-0.25, -0.2) is 0 Å². The van der Waals surface area contributed by atoms with E-state index in [0.29, 0.717) is 35.1 Å². The predicted molar refractivity (Wildman–Crippen MR) is 162 cm³/mol. The average molecular weight is 577 g/mol. The number of rotatable bonds is 14. The Morgan fingerprint density at radius 3 is 2.41 bits per heavy atom. The van der Waals surface area contributed by atoms with Gasteiger partial charge >= 0.3 is 5.97 Å². The Hall–Kier alpha value is -1.18. The number of aliphatic carboxylic acids is 1. The normalized spacial score (nSPS) is 38.7. The maximum Gasteiger partial charge on any atom is 0.320 e. The van der Waals surface area contributed by atoms with E-state index in [4.69, 9.17) is 4.74 Å². The molecule has 0 radical (unpaired) electrons. The molecule has 0 saturated heterocycles. The number of aliphatic hydroxyl groups excluding tert-OH is 1. The first-order valence-corrected chi connectivity index (χ1v) is 17.0. The van der Waals surface area contributed by atoms with Gasteiger partial charge in [-0.1, -0.05) is 34.1 Å². The van der Waals surface area contributed by atoms with Gasteiger partial charge in [-0.15, -0.1) is 0 Å². The molecule has 41 heavy (non-hydrogen) atoms. The van der Waals surface area contributed by atoms with Gasteiger partial charge in [-0.2, -0.15) is 0 Å². The molecule has 0 aromatic carbocycles. The number of hydrogen-bond acceptors (Lipinski definition) is 5. The largest absolute Gasteiger partial charge is 0.480 e. The number of nitrogens with one attached hydrogen (secondary N) is 2. The lowest BCUT2D eigenvalue weighted by atomic mass is 9.44. The molecule has 4 rings (SSSR count). The summed E-state index contributed by atoms with van der Waals surface area (Å²) in [6.45, 7) is 10.3. The quantitative estimate of drug-likeness (QED) is 0.146. The Kier molecular flexibility index (Phi) is 11.2. The van der Waals surface area contributed by atoms with Crippen molar-refractivity contribution in [3.8, 4) is 0 Å². The number of carboxylic acids is 1. The average Bonchev–Trinajstić information content (AvgIpc) is 3.30. The van der Waals surface area contributed by atoms with Gasteiger partial charge in [0.05, 0.1) is 6.10 Å². The maximum atomic E-state index is 12.1. The number of hydrogen-bond donors (Lipinski definition) is 4. The van der Waals surface area contributed by atoms with Crippen molar-refractivity contribution >= 4 is 11.9 Å². The van der Waals surface area contributed by atoms with Gasteiger partial charge in [0, 0.05) is 20.1 Å². The van der Waals surface area contributed by atoms with Crippen molar-refractivity contribution in [2.45, 2.75) is 142 Å². The highest BCUT2D eigenvalue weighted by molar-refractivity contribution is 5.78. The highest BCUT2D eigenvalue weighted by atomic mass is 16.5. The van der Waals surface area contributed by atoms with Gasteiger partial charge in [-0.3, -0.25) is 14.9 Å². The molecule has 11 atom stereocenters. The highest BCUT2D eigenvalue weighted by Gasteiger charge is 2.60. The Morgan fingerprint density at radius 1 is 0.976 bits per heavy atom. The highest BCUT2D eigenvalue weighted by Crippen LogP contribution is 2.68. The molecule has 236 valence electrons. The summed E-state index contributed by atoms with van der Waals surface area (Å²) in [6.07, 6.45) is 15.0. The van der Waals surface area contributed by atoms with Crippen molar-refractivity contribution < 1.29 is 24.5 Å². The zero-order valence-electron chi connectivity index (χ0n) is 26.6. The molecule has 4 fully saturated rings. The minimum absolute atomic E-state index is 0.0820. The summed E-state index contributed by atoms with van der Waals surface area (Å²) in [5.41, 5.74) is 0.810. The summed E-state index contributed by atoms with van der Waals surface area (Å²) in [5.74, 6) is 3.43. The molecule has 0 spiro atoms. The van der Waals surface area contributed by atoms with Crippen LogP contribution in [0.2, 0.25) is 0 Å². The van der Waals surface area contributed by atoms with Crippen LogP contribution in [0.15, 0.2) is 0 Å². The third-order valence-corrected chi connectivity index (χ3v) is 12.8. The van der Waals surface area contributed by atoms with E-state index in [1.807, 2.05) is 0 Å². The van der Waals surface area contributed by atoms with Crippen molar-refractivity contribution in [1.29, 1.82) is 0 Å². The first-order valence-electron chi connectivity index (χ1n) is 17.0. The number of ether oxygens (including phenoxy) is 1. The zero-order valence-corrected chi connectivity index (χ0v) is 26.6. The standard InChI is InChI=1S/C34H60N2O5/c1-6-7-20-35-30(38)14-13-29(32(39)40)36-31(41-5)15-8-22(2)26-11-12-27-25-10-9-23-21-24(37)16-18-33(23,3)28(25)17-19-34(26,27)4/h22-29,31,36-37H,6-21H2,1-5H3,(H,35,38)(H,39,40)/t22-,23-,24-,25+,26-,27+,28?,29+,31?,33+,34-/m1/s1. The van der Waals surface area contributed by atoms with Crippen LogP contribution in [-0.2, 0) is 14.3 Å². The Labute approximate surface area is 249 Å². The molecule has 0 heterocycles. The Bertz CT molecular complexity index is 883. The number of fused-ring (bicyclic) bond motifs is 5. The summed E-state index contributed by atoms with van der Waals surface area (Å²) in [6, 6.07) is -0.798. The molecule has 4 N–H and O–H groups in total. The zero-order chi connectivity index (χ0) is 29.8. The van der Waals surface area contributed by atoms with Gasteiger partial charge < -0.3 is 20.3 Å². The summed E-state index contributed by atoms with van der Waals surface area (Å²) in [4.78, 5) is 24.1. The fraction of sp³-hybridized carbons (Fsp3) is 0.941. The van der Waals surface area contributed by atoms with Crippen LogP contribution >= 0.6 is 0 Å². The monoisotopic (exact) mass is 576 g/mol. The molecular formula is C34H60N2O5. The van der Waals surface area contributed by atoms with Crippen molar-refractivity contribution in [3.05, 3.63) is 0 Å². The number of unbranched alkanes of at least 4 members (excludes halogenated alkanes) is 1. The predicted octanol–water partition coefficient (Wildman–Crippen LogP) is 6.13. The number of aliphatic hydroxyl groups is 1.